The summed E-state index contributed by atoms with van der Waals surface area (Å²) in [6, 6.07) is 0.502. The first-order valence-electron chi connectivity index (χ1n) is 7.58. The monoisotopic (exact) mass is 286 g/mol. The van der Waals surface area contributed by atoms with Gasteiger partial charge in [-0.25, -0.2) is 4.79 Å². The molecule has 1 saturated carbocycles. The van der Waals surface area contributed by atoms with Crippen molar-refractivity contribution in [2.24, 2.45) is 5.92 Å². The first-order valence-corrected chi connectivity index (χ1v) is 7.58. The van der Waals surface area contributed by atoms with Crippen LogP contribution in [0.2, 0.25) is 0 Å². The number of aliphatic hydroxyl groups is 1. The summed E-state index contributed by atoms with van der Waals surface area (Å²) in [6.07, 6.45) is 1.69. The van der Waals surface area contributed by atoms with Gasteiger partial charge in [-0.15, -0.1) is 0 Å². The molecule has 0 aliphatic heterocycles. The van der Waals surface area contributed by atoms with E-state index in [-0.39, 0.29) is 6.09 Å². The second-order valence-electron chi connectivity index (χ2n) is 6.86. The molecule has 1 aliphatic carbocycles. The van der Waals surface area contributed by atoms with Crippen molar-refractivity contribution in [1.29, 1.82) is 0 Å². The Hall–Kier alpha value is -0.810. The Morgan fingerprint density at radius 1 is 1.40 bits per heavy atom. The highest BCUT2D eigenvalue weighted by molar-refractivity contribution is 5.68. The quantitative estimate of drug-likeness (QED) is 0.751. The number of aliphatic hydroxyl groups excluding tert-OH is 1. The minimum Gasteiger partial charge on any atom is -0.444 e. The molecule has 1 rings (SSSR count). The van der Waals surface area contributed by atoms with E-state index < -0.39 is 11.7 Å². The zero-order valence-electron chi connectivity index (χ0n) is 13.5. The zero-order valence-corrected chi connectivity index (χ0v) is 13.5. The van der Waals surface area contributed by atoms with Crippen molar-refractivity contribution in [1.82, 2.24) is 10.2 Å². The molecule has 20 heavy (non-hydrogen) atoms. The Labute approximate surface area is 122 Å². The summed E-state index contributed by atoms with van der Waals surface area (Å²) in [6.45, 7) is 11.0. The van der Waals surface area contributed by atoms with Gasteiger partial charge in [-0.3, -0.25) is 0 Å². The van der Waals surface area contributed by atoms with Crippen LogP contribution in [0.1, 0.15) is 47.5 Å². The zero-order chi connectivity index (χ0) is 15.3. The smallest absolute Gasteiger partial charge is 0.410 e. The third kappa shape index (κ3) is 7.10. The first kappa shape index (κ1) is 17.2. The standard InChI is InChI=1S/C15H30N2O3/c1-11(18)10-17(14(19)20-15(3,4)5)9-8-16-12(2)13-6-7-13/h11-13,16,18H,6-10H2,1-5H3. The van der Waals surface area contributed by atoms with Crippen molar-refractivity contribution >= 4 is 6.09 Å². The fourth-order valence-electron chi connectivity index (χ4n) is 2.09. The van der Waals surface area contributed by atoms with Gasteiger partial charge in [0.25, 0.3) is 0 Å². The molecule has 1 aliphatic rings. The predicted molar refractivity (Wildman–Crippen MR) is 79.7 cm³/mol. The lowest BCUT2D eigenvalue weighted by molar-refractivity contribution is 0.0163. The Morgan fingerprint density at radius 2 is 2.00 bits per heavy atom. The Balaban J connectivity index is 2.39. The predicted octanol–water partition coefficient (Wildman–Crippen LogP) is 1.99. The van der Waals surface area contributed by atoms with E-state index in [1.54, 1.807) is 11.8 Å². The molecule has 2 unspecified atom stereocenters. The van der Waals surface area contributed by atoms with E-state index in [0.29, 0.717) is 19.1 Å². The molecule has 2 atom stereocenters. The highest BCUT2D eigenvalue weighted by Gasteiger charge is 2.28. The van der Waals surface area contributed by atoms with Gasteiger partial charge < -0.3 is 20.1 Å². The van der Waals surface area contributed by atoms with Gasteiger partial charge in [-0.05, 0) is 53.4 Å². The summed E-state index contributed by atoms with van der Waals surface area (Å²) in [5.41, 5.74) is -0.511. The van der Waals surface area contributed by atoms with Gasteiger partial charge in [0.2, 0.25) is 0 Å². The second kappa shape index (κ2) is 7.27. The summed E-state index contributed by atoms with van der Waals surface area (Å²) in [4.78, 5) is 13.7. The van der Waals surface area contributed by atoms with Gasteiger partial charge >= 0.3 is 6.09 Å². The van der Waals surface area contributed by atoms with Crippen LogP contribution in [0.15, 0.2) is 0 Å². The van der Waals surface area contributed by atoms with Crippen LogP contribution in [-0.4, -0.2) is 53.5 Å². The molecule has 118 valence electrons. The molecule has 0 aromatic rings. The number of hydrogen-bond acceptors (Lipinski definition) is 4. The van der Waals surface area contributed by atoms with Crippen molar-refractivity contribution < 1.29 is 14.6 Å². The van der Waals surface area contributed by atoms with Crippen molar-refractivity contribution in [3.05, 3.63) is 0 Å². The highest BCUT2D eigenvalue weighted by atomic mass is 16.6. The third-order valence-electron chi connectivity index (χ3n) is 3.31. The lowest BCUT2D eigenvalue weighted by Crippen LogP contribution is -2.44. The number of nitrogens with zero attached hydrogens (tertiary/aromatic N) is 1. The maximum atomic E-state index is 12.1. The summed E-state index contributed by atoms with van der Waals surface area (Å²) >= 11 is 0. The summed E-state index contributed by atoms with van der Waals surface area (Å²) in [5, 5.41) is 12.9. The molecular weight excluding hydrogens is 256 g/mol. The fraction of sp³-hybridized carbons (Fsp3) is 0.933. The van der Waals surface area contributed by atoms with Gasteiger partial charge in [0, 0.05) is 25.7 Å². The van der Waals surface area contributed by atoms with E-state index in [9.17, 15) is 9.90 Å². The third-order valence-corrected chi connectivity index (χ3v) is 3.31. The Bertz CT molecular complexity index is 309. The van der Waals surface area contributed by atoms with Gasteiger partial charge in [-0.1, -0.05) is 0 Å². The van der Waals surface area contributed by atoms with Crippen molar-refractivity contribution in [2.45, 2.75) is 65.2 Å². The Kier molecular flexibility index (Phi) is 6.27. The summed E-state index contributed by atoms with van der Waals surface area (Å²) in [7, 11) is 0. The van der Waals surface area contributed by atoms with Crippen LogP contribution in [0.3, 0.4) is 0 Å². The second-order valence-corrected chi connectivity index (χ2v) is 6.86. The molecule has 5 nitrogen and oxygen atoms in total. The molecule has 2 N–H and O–H groups in total. The number of rotatable bonds is 7. The molecule has 0 aromatic carbocycles. The average molecular weight is 286 g/mol. The topological polar surface area (TPSA) is 61.8 Å². The van der Waals surface area contributed by atoms with E-state index in [4.69, 9.17) is 4.74 Å². The van der Waals surface area contributed by atoms with Crippen LogP contribution in [0.25, 0.3) is 0 Å². The van der Waals surface area contributed by atoms with Crippen LogP contribution in [0, 0.1) is 5.92 Å². The minimum absolute atomic E-state index is 0.300. The number of nitrogens with one attached hydrogen (secondary N) is 1. The summed E-state index contributed by atoms with van der Waals surface area (Å²) < 4.78 is 5.37. The minimum atomic E-state index is -0.552. The molecule has 0 aromatic heterocycles. The van der Waals surface area contributed by atoms with Gasteiger partial charge in [0.15, 0.2) is 0 Å². The van der Waals surface area contributed by atoms with Gasteiger partial charge in [0.1, 0.15) is 5.60 Å². The molecule has 5 heteroatoms. The first-order chi connectivity index (χ1) is 9.19. The van der Waals surface area contributed by atoms with Crippen LogP contribution in [-0.2, 0) is 4.74 Å². The van der Waals surface area contributed by atoms with E-state index in [0.717, 1.165) is 12.5 Å². The molecule has 1 fully saturated rings. The maximum Gasteiger partial charge on any atom is 0.410 e. The van der Waals surface area contributed by atoms with Gasteiger partial charge in [-0.2, -0.15) is 0 Å². The van der Waals surface area contributed by atoms with E-state index >= 15 is 0 Å². The molecule has 0 spiro atoms. The number of hydrogen-bond donors (Lipinski definition) is 2. The van der Waals surface area contributed by atoms with Crippen molar-refractivity contribution in [3.8, 4) is 0 Å². The van der Waals surface area contributed by atoms with E-state index in [1.807, 2.05) is 20.8 Å². The molecule has 0 heterocycles. The molecule has 0 bridgehead atoms. The maximum absolute atomic E-state index is 12.1. The lowest BCUT2D eigenvalue weighted by atomic mass is 10.2. The number of ether oxygens (including phenoxy) is 1. The van der Waals surface area contributed by atoms with Crippen molar-refractivity contribution in [3.63, 3.8) is 0 Å². The van der Waals surface area contributed by atoms with E-state index in [2.05, 4.69) is 12.2 Å². The van der Waals surface area contributed by atoms with Crippen LogP contribution < -0.4 is 5.32 Å². The van der Waals surface area contributed by atoms with Gasteiger partial charge in [0.05, 0.1) is 6.10 Å². The number of carbonyl (C=O) groups is 1. The molecule has 1 amide bonds. The number of carbonyl (C=O) groups excluding carboxylic acids is 1. The summed E-state index contributed by atoms with van der Waals surface area (Å²) in [5.74, 6) is 0.793. The lowest BCUT2D eigenvalue weighted by Gasteiger charge is -2.28. The fourth-order valence-corrected chi connectivity index (χ4v) is 2.09. The molecular formula is C15H30N2O3. The SMILES string of the molecule is CC(O)CN(CCNC(C)C1CC1)C(=O)OC(C)(C)C. The molecule has 0 saturated heterocycles. The van der Waals surface area contributed by atoms with Crippen LogP contribution in [0.5, 0.6) is 0 Å². The van der Waals surface area contributed by atoms with Crippen LogP contribution >= 0.6 is 0 Å². The van der Waals surface area contributed by atoms with Crippen molar-refractivity contribution in [2.75, 3.05) is 19.6 Å². The molecule has 0 radical (unpaired) electrons. The Morgan fingerprint density at radius 3 is 2.45 bits per heavy atom. The highest BCUT2D eigenvalue weighted by Crippen LogP contribution is 2.32. The average Bonchev–Trinajstić information content (AvgIpc) is 3.08. The van der Waals surface area contributed by atoms with Crippen LogP contribution in [0.4, 0.5) is 4.79 Å². The van der Waals surface area contributed by atoms with E-state index in [1.165, 1.54) is 12.8 Å². The largest absolute Gasteiger partial charge is 0.444 e. The number of amides is 1. The normalized spacial score (nSPS) is 18.5.